The molecule has 2 atom stereocenters. The van der Waals surface area contributed by atoms with Crippen LogP contribution in [-0.2, 0) is 19.1 Å². The molecule has 0 amide bonds. The average Bonchev–Trinajstić information content (AvgIpc) is 3.05. The maximum Gasteiger partial charge on any atom is 0.305 e. The van der Waals surface area contributed by atoms with E-state index in [1.807, 2.05) is 0 Å². The van der Waals surface area contributed by atoms with E-state index in [-0.39, 0.29) is 11.9 Å². The molecule has 0 aliphatic carbocycles. The quantitative estimate of drug-likeness (QED) is 0.0497. The SMILES string of the molecule is CCCCCCCCCCCCCC(=O)OCC(CC)CCCC.CCCCCCCCCCCCCC(=O)OCCC(C)CC(C)(C)C. The maximum absolute atomic E-state index is 11.8. The van der Waals surface area contributed by atoms with E-state index in [0.29, 0.717) is 43.3 Å². The molecule has 0 aromatic carbocycles. The van der Waals surface area contributed by atoms with Crippen molar-refractivity contribution in [1.82, 2.24) is 0 Å². The number of carbonyl (C=O) groups excluding carboxylic acids is 2. The summed E-state index contributed by atoms with van der Waals surface area (Å²) in [6.07, 6.45) is 37.1. The Kier molecular flexibility index (Phi) is 39.0. The van der Waals surface area contributed by atoms with Crippen molar-refractivity contribution in [3.05, 3.63) is 0 Å². The van der Waals surface area contributed by atoms with Gasteiger partial charge in [-0.1, -0.05) is 203 Å². The van der Waals surface area contributed by atoms with Crippen LogP contribution in [-0.4, -0.2) is 25.2 Å². The van der Waals surface area contributed by atoms with Gasteiger partial charge in [-0.25, -0.2) is 0 Å². The van der Waals surface area contributed by atoms with Gasteiger partial charge in [-0.3, -0.25) is 9.59 Å². The lowest BCUT2D eigenvalue weighted by Crippen LogP contribution is -2.14. The van der Waals surface area contributed by atoms with Crippen molar-refractivity contribution in [1.29, 1.82) is 0 Å². The Bertz CT molecular complexity index is 682. The first-order chi connectivity index (χ1) is 23.6. The highest BCUT2D eigenvalue weighted by atomic mass is 16.5. The Morgan fingerprint density at radius 1 is 0.490 bits per heavy atom. The summed E-state index contributed by atoms with van der Waals surface area (Å²) in [7, 11) is 0. The van der Waals surface area contributed by atoms with E-state index < -0.39 is 0 Å². The molecule has 0 spiro atoms. The highest BCUT2D eigenvalue weighted by molar-refractivity contribution is 5.69. The van der Waals surface area contributed by atoms with Crippen LogP contribution >= 0.6 is 0 Å². The van der Waals surface area contributed by atoms with Gasteiger partial charge in [0.2, 0.25) is 0 Å². The van der Waals surface area contributed by atoms with Crippen molar-refractivity contribution >= 4 is 11.9 Å². The van der Waals surface area contributed by atoms with E-state index in [1.54, 1.807) is 0 Å². The van der Waals surface area contributed by atoms with E-state index in [0.717, 1.165) is 25.7 Å². The second-order valence-electron chi connectivity index (χ2n) is 16.5. The number of rotatable bonds is 34. The fraction of sp³-hybridized carbons (Fsp3) is 0.956. The highest BCUT2D eigenvalue weighted by Gasteiger charge is 2.15. The minimum absolute atomic E-state index is 0.00103. The Morgan fingerprint density at radius 3 is 1.22 bits per heavy atom. The smallest absolute Gasteiger partial charge is 0.305 e. The summed E-state index contributed by atoms with van der Waals surface area (Å²) in [6, 6.07) is 0. The van der Waals surface area contributed by atoms with Crippen molar-refractivity contribution in [3.63, 3.8) is 0 Å². The summed E-state index contributed by atoms with van der Waals surface area (Å²) < 4.78 is 10.8. The molecule has 4 heteroatoms. The monoisotopic (exact) mass is 695 g/mol. The van der Waals surface area contributed by atoms with Crippen LogP contribution in [0.1, 0.15) is 248 Å². The molecule has 0 saturated carbocycles. The number of esters is 2. The molecule has 0 saturated heterocycles. The Morgan fingerprint density at radius 2 is 0.857 bits per heavy atom. The zero-order valence-corrected chi connectivity index (χ0v) is 34.9. The molecule has 4 nitrogen and oxygen atoms in total. The maximum atomic E-state index is 11.8. The van der Waals surface area contributed by atoms with Crippen LogP contribution in [0.5, 0.6) is 0 Å². The van der Waals surface area contributed by atoms with Crippen LogP contribution in [0.2, 0.25) is 0 Å². The van der Waals surface area contributed by atoms with Crippen LogP contribution in [0.25, 0.3) is 0 Å². The lowest BCUT2D eigenvalue weighted by Gasteiger charge is -2.22. The van der Waals surface area contributed by atoms with Gasteiger partial charge in [0.1, 0.15) is 0 Å². The molecule has 0 aliphatic heterocycles. The topological polar surface area (TPSA) is 52.6 Å². The van der Waals surface area contributed by atoms with Crippen LogP contribution in [0.3, 0.4) is 0 Å². The van der Waals surface area contributed by atoms with Crippen LogP contribution < -0.4 is 0 Å². The molecule has 294 valence electrons. The third-order valence-corrected chi connectivity index (χ3v) is 9.83. The Labute approximate surface area is 308 Å². The lowest BCUT2D eigenvalue weighted by atomic mass is 9.84. The molecule has 0 rings (SSSR count). The summed E-state index contributed by atoms with van der Waals surface area (Å²) in [5.74, 6) is 1.20. The fourth-order valence-electron chi connectivity index (χ4n) is 6.64. The standard InChI is InChI=1S/C23H46O2.C22H44O2/c1-6-7-8-9-10-11-12-13-14-15-16-17-22(24)25-19-18-21(2)20-23(3,4)5;1-4-7-9-10-11-12-13-14-15-16-17-19-22(23)24-20-21(6-3)18-8-5-2/h21H,6-20H2,1-5H3;21H,4-20H2,1-3H3. The van der Waals surface area contributed by atoms with Gasteiger partial charge in [0, 0.05) is 12.8 Å². The number of carbonyl (C=O) groups is 2. The molecule has 0 N–H and O–H groups in total. The zero-order valence-electron chi connectivity index (χ0n) is 34.9. The first kappa shape index (κ1) is 50.0. The van der Waals surface area contributed by atoms with E-state index in [2.05, 4.69) is 55.4 Å². The minimum atomic E-state index is -0.00103. The summed E-state index contributed by atoms with van der Waals surface area (Å²) in [4.78, 5) is 23.5. The molecular formula is C45H90O4. The predicted octanol–water partition coefficient (Wildman–Crippen LogP) is 15.1. The van der Waals surface area contributed by atoms with Crippen molar-refractivity contribution in [2.75, 3.05) is 13.2 Å². The molecule has 0 aromatic rings. The van der Waals surface area contributed by atoms with Gasteiger partial charge in [0.05, 0.1) is 13.2 Å². The van der Waals surface area contributed by atoms with Crippen LogP contribution in [0.15, 0.2) is 0 Å². The molecule has 0 bridgehead atoms. The summed E-state index contributed by atoms with van der Waals surface area (Å²) in [5, 5.41) is 0. The van der Waals surface area contributed by atoms with E-state index in [9.17, 15) is 9.59 Å². The van der Waals surface area contributed by atoms with Crippen molar-refractivity contribution in [2.45, 2.75) is 248 Å². The molecule has 0 aliphatic rings. The molecule has 49 heavy (non-hydrogen) atoms. The second kappa shape index (κ2) is 38.2. The van der Waals surface area contributed by atoms with Gasteiger partial charge in [0.25, 0.3) is 0 Å². The third kappa shape index (κ3) is 43.0. The van der Waals surface area contributed by atoms with Gasteiger partial charge in [0.15, 0.2) is 0 Å². The molecule has 0 fully saturated rings. The summed E-state index contributed by atoms with van der Waals surface area (Å²) in [5.41, 5.74) is 0.360. The lowest BCUT2D eigenvalue weighted by molar-refractivity contribution is -0.145. The van der Waals surface area contributed by atoms with Crippen LogP contribution in [0, 0.1) is 17.3 Å². The van der Waals surface area contributed by atoms with Gasteiger partial charge < -0.3 is 9.47 Å². The summed E-state index contributed by atoms with van der Waals surface area (Å²) >= 11 is 0. The van der Waals surface area contributed by atoms with Crippen LogP contribution in [0.4, 0.5) is 0 Å². The number of hydrogen-bond acceptors (Lipinski definition) is 4. The Hall–Kier alpha value is -1.06. The molecule has 0 radical (unpaired) electrons. The highest BCUT2D eigenvalue weighted by Crippen LogP contribution is 2.26. The molecule has 2 unspecified atom stereocenters. The fourth-order valence-corrected chi connectivity index (χ4v) is 6.64. The van der Waals surface area contributed by atoms with Crippen molar-refractivity contribution in [2.24, 2.45) is 17.3 Å². The van der Waals surface area contributed by atoms with Gasteiger partial charge >= 0.3 is 11.9 Å². The van der Waals surface area contributed by atoms with E-state index in [4.69, 9.17) is 9.47 Å². The third-order valence-electron chi connectivity index (χ3n) is 9.83. The van der Waals surface area contributed by atoms with Crippen molar-refractivity contribution < 1.29 is 19.1 Å². The van der Waals surface area contributed by atoms with E-state index >= 15 is 0 Å². The molecule has 0 heterocycles. The van der Waals surface area contributed by atoms with E-state index in [1.165, 1.54) is 154 Å². The molecular weight excluding hydrogens is 604 g/mol. The van der Waals surface area contributed by atoms with Crippen molar-refractivity contribution in [3.8, 4) is 0 Å². The second-order valence-corrected chi connectivity index (χ2v) is 16.5. The Balaban J connectivity index is 0. The minimum Gasteiger partial charge on any atom is -0.466 e. The first-order valence-electron chi connectivity index (χ1n) is 21.9. The molecule has 0 aromatic heterocycles. The number of ether oxygens (including phenoxy) is 2. The largest absolute Gasteiger partial charge is 0.466 e. The van der Waals surface area contributed by atoms with Gasteiger partial charge in [-0.2, -0.15) is 0 Å². The average molecular weight is 695 g/mol. The number of hydrogen-bond donors (Lipinski definition) is 0. The van der Waals surface area contributed by atoms with Gasteiger partial charge in [-0.05, 0) is 49.4 Å². The van der Waals surface area contributed by atoms with Gasteiger partial charge in [-0.15, -0.1) is 0 Å². The zero-order chi connectivity index (χ0) is 36.9. The number of unbranched alkanes of at least 4 members (excludes halogenated alkanes) is 21. The predicted molar refractivity (Wildman–Crippen MR) is 215 cm³/mol. The summed E-state index contributed by atoms with van der Waals surface area (Å²) in [6.45, 7) is 19.2. The normalized spacial score (nSPS) is 12.7. The first-order valence-corrected chi connectivity index (χ1v) is 21.9.